The fourth-order valence-corrected chi connectivity index (χ4v) is 8.72. The fourth-order valence-electron chi connectivity index (χ4n) is 8.72. The van der Waals surface area contributed by atoms with Crippen molar-refractivity contribution < 1.29 is 33.8 Å². The Labute approximate surface area is 358 Å². The number of aromatic nitrogens is 5. The van der Waals surface area contributed by atoms with Crippen molar-refractivity contribution in [2.24, 2.45) is 0 Å². The van der Waals surface area contributed by atoms with E-state index in [2.05, 4.69) is 49.5 Å². The van der Waals surface area contributed by atoms with Gasteiger partial charge < -0.3 is 44.6 Å². The van der Waals surface area contributed by atoms with Gasteiger partial charge in [0, 0.05) is 50.8 Å². The van der Waals surface area contributed by atoms with Crippen LogP contribution in [-0.4, -0.2) is 121 Å². The molecule has 4 amide bonds. The number of aromatic amines is 3. The minimum absolute atomic E-state index is 0.242. The summed E-state index contributed by atoms with van der Waals surface area (Å²) in [5.74, 6) is 0.853. The molecule has 0 saturated carbocycles. The van der Waals surface area contributed by atoms with Crippen molar-refractivity contribution in [2.45, 2.75) is 69.3 Å². The number of ether oxygens (including phenoxy) is 2. The maximum atomic E-state index is 14.2. The number of rotatable bonds is 13. The third-order valence-electron chi connectivity index (χ3n) is 12.3. The first-order valence-corrected chi connectivity index (χ1v) is 20.8. The third-order valence-corrected chi connectivity index (χ3v) is 12.3. The van der Waals surface area contributed by atoms with E-state index in [0.717, 1.165) is 74.3 Å². The molecule has 0 bridgehead atoms. The molecule has 5 heterocycles. The highest BCUT2D eigenvalue weighted by atomic mass is 16.5. The molecule has 0 radical (unpaired) electrons. The number of H-pyrrole nitrogens is 3. The molecule has 2 saturated heterocycles. The van der Waals surface area contributed by atoms with Gasteiger partial charge in [-0.05, 0) is 66.5 Å². The molecule has 3 aromatic heterocycles. The van der Waals surface area contributed by atoms with Gasteiger partial charge >= 0.3 is 12.2 Å². The number of para-hydroxylation sites is 1. The summed E-state index contributed by atoms with van der Waals surface area (Å²) in [6, 6.07) is 21.8. The average molecular weight is 842 g/mol. The zero-order chi connectivity index (χ0) is 43.5. The number of imidazole rings is 2. The minimum atomic E-state index is -1.16. The number of hydrogen-bond donors (Lipinski definition) is 5. The van der Waals surface area contributed by atoms with Crippen molar-refractivity contribution >= 4 is 34.9 Å². The van der Waals surface area contributed by atoms with E-state index < -0.39 is 30.4 Å². The Hall–Kier alpha value is -6.94. The lowest BCUT2D eigenvalue weighted by Gasteiger charge is -2.31. The van der Waals surface area contributed by atoms with Gasteiger partial charge in [-0.1, -0.05) is 66.7 Å². The molecule has 0 spiro atoms. The number of benzene rings is 3. The van der Waals surface area contributed by atoms with Gasteiger partial charge in [0.1, 0.15) is 23.7 Å². The summed E-state index contributed by atoms with van der Waals surface area (Å²) in [5.41, 5.74) is 7.41. The number of likely N-dealkylation sites (N-methyl/N-ethyl adjacent to an activating group) is 1. The second-order valence-electron chi connectivity index (χ2n) is 15.9. The minimum Gasteiger partial charge on any atom is -0.465 e. The Morgan fingerprint density at radius 3 is 1.87 bits per heavy atom. The number of likely N-dealkylation sites (tertiary alicyclic amines) is 2. The van der Waals surface area contributed by atoms with E-state index in [1.165, 1.54) is 21.3 Å². The van der Waals surface area contributed by atoms with Crippen molar-refractivity contribution in [2.75, 3.05) is 34.4 Å². The number of carbonyl (C=O) groups excluding carboxylic acids is 3. The Balaban J connectivity index is 0.926. The van der Waals surface area contributed by atoms with E-state index in [1.807, 2.05) is 54.7 Å². The van der Waals surface area contributed by atoms with Gasteiger partial charge in [-0.2, -0.15) is 0 Å². The summed E-state index contributed by atoms with van der Waals surface area (Å²) in [7, 11) is 4.20. The topological polar surface area (TPSA) is 202 Å². The maximum Gasteiger partial charge on any atom is 0.407 e. The smallest absolute Gasteiger partial charge is 0.407 e. The van der Waals surface area contributed by atoms with Crippen molar-refractivity contribution in [3.63, 3.8) is 0 Å². The van der Waals surface area contributed by atoms with Crippen LogP contribution < -0.4 is 5.32 Å². The van der Waals surface area contributed by atoms with Crippen LogP contribution in [0.1, 0.15) is 61.9 Å². The van der Waals surface area contributed by atoms with E-state index in [9.17, 15) is 24.3 Å². The van der Waals surface area contributed by atoms with E-state index in [4.69, 9.17) is 14.5 Å². The summed E-state index contributed by atoms with van der Waals surface area (Å²) in [6.45, 7) is 2.78. The van der Waals surface area contributed by atoms with Crippen LogP contribution in [0.2, 0.25) is 0 Å². The Kier molecular flexibility index (Phi) is 12.1. The molecule has 2 aliphatic rings. The van der Waals surface area contributed by atoms with Crippen molar-refractivity contribution in [1.29, 1.82) is 0 Å². The van der Waals surface area contributed by atoms with Gasteiger partial charge in [-0.25, -0.2) is 19.6 Å². The number of methoxy groups -OCH3 is 2. The predicted molar refractivity (Wildman–Crippen MR) is 232 cm³/mol. The number of nitrogens with one attached hydrogen (secondary N) is 4. The lowest BCUT2D eigenvalue weighted by atomic mass is 10.0. The van der Waals surface area contributed by atoms with Crippen LogP contribution in [0, 0.1) is 0 Å². The number of carboxylic acid groups (broad SMARTS) is 1. The van der Waals surface area contributed by atoms with E-state index in [-0.39, 0.29) is 30.3 Å². The number of amides is 4. The van der Waals surface area contributed by atoms with E-state index in [1.54, 1.807) is 29.1 Å². The van der Waals surface area contributed by atoms with Crippen LogP contribution in [0.25, 0.3) is 44.5 Å². The highest BCUT2D eigenvalue weighted by molar-refractivity contribution is 5.89. The lowest BCUT2D eigenvalue weighted by molar-refractivity contribution is -0.138. The molecule has 0 unspecified atom stereocenters. The first kappa shape index (κ1) is 41.8. The molecule has 5 atom stereocenters. The number of hydrogen-bond acceptors (Lipinski definition) is 8. The molecule has 2 fully saturated rings. The van der Waals surface area contributed by atoms with Crippen LogP contribution in [0.5, 0.6) is 0 Å². The summed E-state index contributed by atoms with van der Waals surface area (Å²) in [6.07, 6.45) is 6.27. The Bertz CT molecular complexity index is 2550. The summed E-state index contributed by atoms with van der Waals surface area (Å²) in [5, 5.41) is 13.5. The number of carbonyl (C=O) groups is 4. The molecule has 16 nitrogen and oxygen atoms in total. The largest absolute Gasteiger partial charge is 0.465 e. The van der Waals surface area contributed by atoms with Gasteiger partial charge in [-0.3, -0.25) is 14.5 Å². The first-order chi connectivity index (χ1) is 30.0. The summed E-state index contributed by atoms with van der Waals surface area (Å²) in [4.78, 5) is 76.2. The SMILES string of the molecule is COC(=O)N[C@H](C(=O)N1CCC[C@H]1c1ncc(-c2ccc(-c3ccc(-c4cnc([C@@H]5CCCN5C(=O)[C@H](Cc5c[nH]c6ccccc56)N(C)C(=O)O)[nH]4)cc3)cc2)[nH]1)[C@@H](C)OC. The van der Waals surface area contributed by atoms with Crippen molar-refractivity contribution in [3.05, 3.63) is 109 Å². The summed E-state index contributed by atoms with van der Waals surface area (Å²) < 4.78 is 10.2. The first-order valence-electron chi connectivity index (χ1n) is 20.8. The molecule has 8 rings (SSSR count). The lowest BCUT2D eigenvalue weighted by Crippen LogP contribution is -2.54. The number of nitrogens with zero attached hydrogens (tertiary/aromatic N) is 5. The average Bonchev–Trinajstić information content (AvgIpc) is 4.16. The van der Waals surface area contributed by atoms with Crippen molar-refractivity contribution in [1.82, 2.24) is 44.9 Å². The van der Waals surface area contributed by atoms with Gasteiger partial charge in [0.15, 0.2) is 0 Å². The molecule has 5 N–H and O–H groups in total. The number of alkyl carbamates (subject to hydrolysis) is 1. The monoisotopic (exact) mass is 841 g/mol. The zero-order valence-corrected chi connectivity index (χ0v) is 35.1. The molecular formula is C46H51N9O7. The van der Waals surface area contributed by atoms with Crippen LogP contribution >= 0.6 is 0 Å². The highest BCUT2D eigenvalue weighted by Gasteiger charge is 2.40. The number of fused-ring (bicyclic) bond motifs is 1. The molecule has 16 heteroatoms. The Morgan fingerprint density at radius 2 is 1.34 bits per heavy atom. The van der Waals surface area contributed by atoms with Crippen LogP contribution in [0.15, 0.2) is 91.4 Å². The molecule has 3 aromatic carbocycles. The molecule has 0 aliphatic carbocycles. The molecule has 2 aliphatic heterocycles. The van der Waals surface area contributed by atoms with E-state index in [0.29, 0.717) is 31.2 Å². The highest BCUT2D eigenvalue weighted by Crippen LogP contribution is 2.35. The molecular weight excluding hydrogens is 791 g/mol. The maximum absolute atomic E-state index is 14.2. The molecule has 6 aromatic rings. The van der Waals surface area contributed by atoms with Gasteiger partial charge in [0.25, 0.3) is 0 Å². The second kappa shape index (κ2) is 18.0. The molecule has 322 valence electrons. The van der Waals surface area contributed by atoms with E-state index >= 15 is 0 Å². The fraction of sp³-hybridized carbons (Fsp3) is 0.348. The predicted octanol–water partition coefficient (Wildman–Crippen LogP) is 6.92. The quantitative estimate of drug-likeness (QED) is 0.0818. The zero-order valence-electron chi connectivity index (χ0n) is 35.1. The van der Waals surface area contributed by atoms with Gasteiger partial charge in [0.2, 0.25) is 11.8 Å². The van der Waals surface area contributed by atoms with Crippen LogP contribution in [0.4, 0.5) is 9.59 Å². The Morgan fingerprint density at radius 1 is 0.806 bits per heavy atom. The summed E-state index contributed by atoms with van der Waals surface area (Å²) >= 11 is 0. The normalized spacial score (nSPS) is 17.8. The van der Waals surface area contributed by atoms with Crippen LogP contribution in [-0.2, 0) is 25.5 Å². The molecule has 62 heavy (non-hydrogen) atoms. The van der Waals surface area contributed by atoms with Gasteiger partial charge in [-0.15, -0.1) is 0 Å². The third kappa shape index (κ3) is 8.37. The van der Waals surface area contributed by atoms with Crippen LogP contribution in [0.3, 0.4) is 0 Å². The second-order valence-corrected chi connectivity index (χ2v) is 15.9. The standard InChI is InChI=1S/C46H51N9O7/c1-27(61-3)40(52-45(58)62-4)44(57)55-22-8-12-38(55)42-49-26-36(51-42)31-19-15-29(16-20-31)28-13-17-30(18-14-28)35-25-48-41(50-35)37-11-7-21-54(37)43(56)39(53(2)46(59)60)23-32-24-47-34-10-6-5-9-33(32)34/h5-6,9-10,13-20,24-27,37-40,47H,7-8,11-12,21-23H2,1-4H3,(H,48,50)(H,49,51)(H,52,58)(H,59,60)/t27-,37+,38+,39+,40+/m1/s1. The van der Waals surface area contributed by atoms with Gasteiger partial charge in [0.05, 0.1) is 49.1 Å². The van der Waals surface area contributed by atoms with Crippen molar-refractivity contribution in [3.8, 4) is 33.6 Å².